The van der Waals surface area contributed by atoms with Crippen LogP contribution in [0.1, 0.15) is 46.0 Å². The third-order valence-electron chi connectivity index (χ3n) is 7.07. The summed E-state index contributed by atoms with van der Waals surface area (Å²) in [5.74, 6) is 1.44. The van der Waals surface area contributed by atoms with Crippen LogP contribution in [0.5, 0.6) is 0 Å². The van der Waals surface area contributed by atoms with Gasteiger partial charge in [0, 0.05) is 10.8 Å². The van der Waals surface area contributed by atoms with E-state index in [-0.39, 0.29) is 0 Å². The van der Waals surface area contributed by atoms with Gasteiger partial charge in [-0.1, -0.05) is 13.8 Å². The molecule has 4 nitrogen and oxygen atoms in total. The Bertz CT molecular complexity index is 367. The van der Waals surface area contributed by atoms with E-state index in [1.165, 1.54) is 32.1 Å². The number of hydrogen-bond donors (Lipinski definition) is 0. The molecule has 2 saturated heterocycles. The fourth-order valence-corrected chi connectivity index (χ4v) is 4.71. The van der Waals surface area contributed by atoms with Gasteiger partial charge in [-0.3, -0.25) is 0 Å². The monoisotopic (exact) mass is 324 g/mol. The first-order chi connectivity index (χ1) is 11.2. The van der Waals surface area contributed by atoms with E-state index in [2.05, 4.69) is 13.8 Å². The molecule has 0 spiro atoms. The van der Waals surface area contributed by atoms with Crippen molar-refractivity contribution in [2.24, 2.45) is 22.7 Å². The molecule has 4 unspecified atom stereocenters. The summed E-state index contributed by atoms with van der Waals surface area (Å²) in [4.78, 5) is 0. The first-order valence-electron chi connectivity index (χ1n) is 9.56. The molecule has 4 fully saturated rings. The molecule has 2 aliphatic carbocycles. The van der Waals surface area contributed by atoms with E-state index >= 15 is 0 Å². The molecule has 4 heteroatoms. The predicted octanol–water partition coefficient (Wildman–Crippen LogP) is 3.04. The Morgan fingerprint density at radius 3 is 1.43 bits per heavy atom. The summed E-state index contributed by atoms with van der Waals surface area (Å²) in [6.07, 6.45) is 6.98. The van der Waals surface area contributed by atoms with E-state index in [4.69, 9.17) is 18.9 Å². The minimum atomic E-state index is 0.315. The first kappa shape index (κ1) is 16.3. The van der Waals surface area contributed by atoms with Gasteiger partial charge in [-0.05, 0) is 43.9 Å². The summed E-state index contributed by atoms with van der Waals surface area (Å²) >= 11 is 0. The zero-order valence-corrected chi connectivity index (χ0v) is 14.7. The number of fused-ring (bicyclic) bond motifs is 2. The van der Waals surface area contributed by atoms with Crippen molar-refractivity contribution >= 4 is 0 Å². The zero-order valence-electron chi connectivity index (χ0n) is 14.7. The minimum Gasteiger partial charge on any atom is -0.380 e. The van der Waals surface area contributed by atoms with E-state index in [9.17, 15) is 0 Å². The van der Waals surface area contributed by atoms with Crippen LogP contribution < -0.4 is 0 Å². The standard InChI is InChI=1S/C19H32O4/c1-3-18(8-20-9-18)12-22-16-6-15-5-14(16)7-17(15)23-13-19(4-2)10-21-11-19/h14-17H,3-13H2,1-2H3. The first-order valence-corrected chi connectivity index (χ1v) is 9.56. The SMILES string of the molecule is CCC1(COC2CC3CC2CC3OCC2(CC)COC2)COC1. The summed E-state index contributed by atoms with van der Waals surface area (Å²) in [6, 6.07) is 0. The lowest BCUT2D eigenvalue weighted by Gasteiger charge is -2.43. The molecule has 132 valence electrons. The van der Waals surface area contributed by atoms with Gasteiger partial charge in [0.05, 0.1) is 51.8 Å². The van der Waals surface area contributed by atoms with Gasteiger partial charge in [0.1, 0.15) is 0 Å². The van der Waals surface area contributed by atoms with E-state index in [1.807, 2.05) is 0 Å². The van der Waals surface area contributed by atoms with Gasteiger partial charge in [0.25, 0.3) is 0 Å². The van der Waals surface area contributed by atoms with Crippen LogP contribution in [0.4, 0.5) is 0 Å². The molecular weight excluding hydrogens is 292 g/mol. The third kappa shape index (κ3) is 2.97. The number of hydrogen-bond acceptors (Lipinski definition) is 4. The fraction of sp³-hybridized carbons (Fsp3) is 1.00. The highest BCUT2D eigenvalue weighted by atomic mass is 16.5. The maximum absolute atomic E-state index is 6.33. The molecule has 0 N–H and O–H groups in total. The van der Waals surface area contributed by atoms with Crippen LogP contribution in [0, 0.1) is 22.7 Å². The van der Waals surface area contributed by atoms with Gasteiger partial charge in [0.15, 0.2) is 0 Å². The highest BCUT2D eigenvalue weighted by Crippen LogP contribution is 2.49. The van der Waals surface area contributed by atoms with Crippen molar-refractivity contribution in [3.8, 4) is 0 Å². The molecule has 0 amide bonds. The third-order valence-corrected chi connectivity index (χ3v) is 7.07. The molecule has 4 aliphatic rings. The van der Waals surface area contributed by atoms with E-state index < -0.39 is 0 Å². The van der Waals surface area contributed by atoms with Crippen LogP contribution in [0.15, 0.2) is 0 Å². The highest BCUT2D eigenvalue weighted by molar-refractivity contribution is 4.98. The van der Waals surface area contributed by atoms with E-state index in [0.29, 0.717) is 23.0 Å². The number of rotatable bonds is 8. The van der Waals surface area contributed by atoms with Crippen molar-refractivity contribution in [1.29, 1.82) is 0 Å². The Kier molecular flexibility index (Phi) is 4.46. The van der Waals surface area contributed by atoms with Crippen LogP contribution in [-0.4, -0.2) is 51.8 Å². The van der Waals surface area contributed by atoms with Crippen LogP contribution in [-0.2, 0) is 18.9 Å². The fourth-order valence-electron chi connectivity index (χ4n) is 4.71. The Balaban J connectivity index is 1.22. The van der Waals surface area contributed by atoms with Crippen LogP contribution >= 0.6 is 0 Å². The average molecular weight is 324 g/mol. The lowest BCUT2D eigenvalue weighted by atomic mass is 9.83. The molecule has 0 aromatic rings. The predicted molar refractivity (Wildman–Crippen MR) is 87.4 cm³/mol. The lowest BCUT2D eigenvalue weighted by Crippen LogP contribution is -2.48. The smallest absolute Gasteiger partial charge is 0.0608 e. The molecule has 2 saturated carbocycles. The Morgan fingerprint density at radius 1 is 0.739 bits per heavy atom. The quantitative estimate of drug-likeness (QED) is 0.688. The van der Waals surface area contributed by atoms with Gasteiger partial charge in [-0.2, -0.15) is 0 Å². The zero-order chi connectivity index (χ0) is 15.9. The molecular formula is C19H32O4. The maximum atomic E-state index is 6.33. The lowest BCUT2D eigenvalue weighted by molar-refractivity contribution is -0.177. The Morgan fingerprint density at radius 2 is 1.17 bits per heavy atom. The average Bonchev–Trinajstić information content (AvgIpc) is 3.06. The number of ether oxygens (including phenoxy) is 4. The van der Waals surface area contributed by atoms with Crippen LogP contribution in [0.3, 0.4) is 0 Å². The van der Waals surface area contributed by atoms with Gasteiger partial charge in [0.2, 0.25) is 0 Å². The maximum Gasteiger partial charge on any atom is 0.0608 e. The summed E-state index contributed by atoms with van der Waals surface area (Å²) in [6.45, 7) is 9.83. The van der Waals surface area contributed by atoms with Crippen molar-refractivity contribution in [3.05, 3.63) is 0 Å². The molecule has 2 heterocycles. The molecule has 4 atom stereocenters. The molecule has 0 aromatic carbocycles. The van der Waals surface area contributed by atoms with Crippen molar-refractivity contribution in [2.45, 2.75) is 58.2 Å². The van der Waals surface area contributed by atoms with Crippen molar-refractivity contribution in [1.82, 2.24) is 0 Å². The Hall–Kier alpha value is -0.160. The van der Waals surface area contributed by atoms with Crippen molar-refractivity contribution in [3.63, 3.8) is 0 Å². The minimum absolute atomic E-state index is 0.315. The molecule has 0 radical (unpaired) electrons. The summed E-state index contributed by atoms with van der Waals surface area (Å²) < 4.78 is 23.5. The topological polar surface area (TPSA) is 36.9 Å². The van der Waals surface area contributed by atoms with Crippen LogP contribution in [0.2, 0.25) is 0 Å². The normalized spacial score (nSPS) is 39.9. The van der Waals surface area contributed by atoms with E-state index in [1.54, 1.807) is 0 Å². The summed E-state index contributed by atoms with van der Waals surface area (Å²) in [5.41, 5.74) is 0.630. The van der Waals surface area contributed by atoms with Gasteiger partial charge < -0.3 is 18.9 Å². The Labute approximate surface area is 140 Å². The molecule has 2 bridgehead atoms. The molecule has 4 rings (SSSR count). The summed E-state index contributed by atoms with van der Waals surface area (Å²) in [7, 11) is 0. The molecule has 0 aromatic heterocycles. The molecule has 23 heavy (non-hydrogen) atoms. The highest BCUT2D eigenvalue weighted by Gasteiger charge is 2.49. The second-order valence-corrected chi connectivity index (χ2v) is 8.62. The van der Waals surface area contributed by atoms with Crippen molar-refractivity contribution in [2.75, 3.05) is 39.6 Å². The largest absolute Gasteiger partial charge is 0.380 e. The van der Waals surface area contributed by atoms with Gasteiger partial charge >= 0.3 is 0 Å². The van der Waals surface area contributed by atoms with Gasteiger partial charge in [-0.15, -0.1) is 0 Å². The van der Waals surface area contributed by atoms with Gasteiger partial charge in [-0.25, -0.2) is 0 Å². The van der Waals surface area contributed by atoms with Crippen LogP contribution in [0.25, 0.3) is 0 Å². The second kappa shape index (κ2) is 6.29. The second-order valence-electron chi connectivity index (χ2n) is 8.62. The van der Waals surface area contributed by atoms with E-state index in [0.717, 1.165) is 51.5 Å². The molecule has 2 aliphatic heterocycles. The van der Waals surface area contributed by atoms with Crippen molar-refractivity contribution < 1.29 is 18.9 Å². The summed E-state index contributed by atoms with van der Waals surface area (Å²) in [5, 5.41) is 0.